The van der Waals surface area contributed by atoms with E-state index in [0.717, 1.165) is 0 Å². The van der Waals surface area contributed by atoms with Gasteiger partial charge in [-0.15, -0.1) is 0 Å². The van der Waals surface area contributed by atoms with Gasteiger partial charge in [0.05, 0.1) is 0 Å². The Bertz CT molecular complexity index is 3160. The maximum Gasteiger partial charge on any atom is -0.0178 e. The van der Waals surface area contributed by atoms with Gasteiger partial charge >= 0.3 is 0 Å². The smallest absolute Gasteiger partial charge is 0.0178 e. The number of hydrogen-bond acceptors (Lipinski definition) is 0. The summed E-state index contributed by atoms with van der Waals surface area (Å²) in [4.78, 5) is 0. The summed E-state index contributed by atoms with van der Waals surface area (Å²) < 4.78 is 0. The molecule has 0 radical (unpaired) electrons. The third kappa shape index (κ3) is 87.9. The Labute approximate surface area is 765 Å². The van der Waals surface area contributed by atoms with E-state index in [1.54, 1.807) is 0 Å². The van der Waals surface area contributed by atoms with Crippen molar-refractivity contribution in [3.8, 4) is 0 Å². The normalized spacial score (nSPS) is 7.26. The maximum absolute atomic E-state index is 2.24. The molecule has 0 unspecified atom stereocenters. The zero-order valence-electron chi connectivity index (χ0n) is 88.8. The number of hydrogen-bond donors (Lipinski definition) is 0. The van der Waals surface area contributed by atoms with Crippen LogP contribution in [-0.4, -0.2) is 0 Å². The standard InChI is InChI=1S/2C14H10.3C10H8.3C6H6.23C2H6/c2*1-2-6-12-10-14-8-4-3-7-13(14)9-11(12)5-1;3*1-2-6-10-8-4-3-7-9(10)5-1;3*1-2-4-6-5-3-1;23*1-2/h2*1-10H;3*1-8H;3*1-6H;23*1-2H3. The second-order valence-electron chi connectivity index (χ2n) is 17.6. The number of rotatable bonds is 0. The molecule has 0 saturated heterocycles. The van der Waals surface area contributed by atoms with Crippen molar-refractivity contribution in [2.24, 2.45) is 0 Å². The number of benzene rings is 15. The molecule has 0 aromatic heterocycles. The molecule has 0 aliphatic heterocycles. The first-order valence-corrected chi connectivity index (χ1v) is 48.8. The Morgan fingerprint density at radius 1 is 0.0656 bits per heavy atom. The molecule has 0 saturated carbocycles. The summed E-state index contributed by atoms with van der Waals surface area (Å²) in [5.74, 6) is 0. The Balaban J connectivity index is -0.0000000710. The second kappa shape index (κ2) is 152. The van der Waals surface area contributed by atoms with E-state index in [-0.39, 0.29) is 0 Å². The van der Waals surface area contributed by atoms with Gasteiger partial charge in [0.25, 0.3) is 0 Å². The van der Waals surface area contributed by atoms with Crippen molar-refractivity contribution in [2.45, 2.75) is 318 Å². The summed E-state index contributed by atoms with van der Waals surface area (Å²) in [6.07, 6.45) is 0. The Hall–Kier alpha value is -9.88. The van der Waals surface area contributed by atoms with Gasteiger partial charge in [-0.25, -0.2) is 0 Å². The van der Waals surface area contributed by atoms with Gasteiger partial charge in [-0.3, -0.25) is 0 Å². The van der Waals surface area contributed by atoms with Crippen LogP contribution >= 0.6 is 0 Å². The van der Waals surface area contributed by atoms with Crippen LogP contribution < -0.4 is 0 Å². The summed E-state index contributed by atoms with van der Waals surface area (Å²) in [5, 5.41) is 18.4. The van der Waals surface area contributed by atoms with Gasteiger partial charge in [-0.2, -0.15) is 0 Å². The predicted molar refractivity (Wildman–Crippen MR) is 595 cm³/mol. The van der Waals surface area contributed by atoms with Crippen LogP contribution in [0.5, 0.6) is 0 Å². The molecule has 0 bridgehead atoms. The fraction of sp³-hybridized carbons (Fsp3) is 0.377. The third-order valence-corrected chi connectivity index (χ3v) is 12.2. The lowest BCUT2D eigenvalue weighted by atomic mass is 10.0. The van der Waals surface area contributed by atoms with Gasteiger partial charge in [-0.1, -0.05) is 670 Å². The lowest BCUT2D eigenvalue weighted by Gasteiger charge is -2.00. The topological polar surface area (TPSA) is 0 Å². The van der Waals surface area contributed by atoms with Crippen LogP contribution in [0.25, 0.3) is 75.4 Å². The van der Waals surface area contributed by atoms with Gasteiger partial charge in [-0.05, 0) is 99.7 Å². The van der Waals surface area contributed by atoms with E-state index in [1.165, 1.54) is 75.4 Å². The molecule has 15 aromatic rings. The molecule has 0 aliphatic carbocycles. The van der Waals surface area contributed by atoms with Crippen LogP contribution in [0.3, 0.4) is 0 Å². The second-order valence-corrected chi connectivity index (χ2v) is 17.6. The summed E-state index contributed by atoms with van der Waals surface area (Å²) in [7, 11) is 0. The fourth-order valence-corrected chi connectivity index (χ4v) is 8.32. The quantitative estimate of drug-likeness (QED) is 0.133. The number of fused-ring (bicyclic) bond motifs is 7. The molecule has 0 spiro atoms. The van der Waals surface area contributed by atoms with E-state index in [9.17, 15) is 0 Å². The van der Waals surface area contributed by atoms with Crippen LogP contribution in [0.4, 0.5) is 0 Å². The molecule has 15 aromatic carbocycles. The molecule has 15 rings (SSSR count). The van der Waals surface area contributed by atoms with Crippen molar-refractivity contribution in [3.05, 3.63) is 376 Å². The molecule has 0 N–H and O–H groups in total. The van der Waals surface area contributed by atoms with Crippen LogP contribution in [0.1, 0.15) is 318 Å². The highest BCUT2D eigenvalue weighted by molar-refractivity contribution is 5.99. The molecule has 0 nitrogen and oxygen atoms in total. The minimum atomic E-state index is 1.31. The average Bonchev–Trinajstić information content (AvgIpc) is 0.816. The zero-order chi connectivity index (χ0) is 97.9. The molecular weight excluding hydrogens is 1470 g/mol. The highest BCUT2D eigenvalue weighted by Crippen LogP contribution is 2.24. The van der Waals surface area contributed by atoms with Crippen molar-refractivity contribution in [1.82, 2.24) is 0 Å². The molecule has 0 aliphatic rings. The molecule has 688 valence electrons. The van der Waals surface area contributed by atoms with Crippen LogP contribution in [0.15, 0.2) is 376 Å². The van der Waals surface area contributed by atoms with Crippen molar-refractivity contribution in [2.75, 3.05) is 0 Å². The van der Waals surface area contributed by atoms with Crippen molar-refractivity contribution in [3.63, 3.8) is 0 Å². The van der Waals surface area contributed by atoms with E-state index in [2.05, 4.69) is 267 Å². The maximum atomic E-state index is 2.24. The Kier molecular flexibility index (Phi) is 187. The average molecular weight is 1670 g/mol. The van der Waals surface area contributed by atoms with E-state index < -0.39 is 0 Å². The van der Waals surface area contributed by atoms with Gasteiger partial charge in [0.1, 0.15) is 0 Å². The van der Waals surface area contributed by atoms with Gasteiger partial charge < -0.3 is 0 Å². The molecule has 0 heteroatoms. The van der Waals surface area contributed by atoms with Crippen LogP contribution in [0.2, 0.25) is 0 Å². The predicted octanol–water partition coefficient (Wildman–Crippen LogP) is 45.2. The SMILES string of the molecule is CC.CC.CC.CC.CC.CC.CC.CC.CC.CC.CC.CC.CC.CC.CC.CC.CC.CC.CC.CC.CC.CC.CC.c1ccc2cc3ccccc3cc2c1.c1ccc2cc3ccccc3cc2c1.c1ccc2ccccc2c1.c1ccc2ccccc2c1.c1ccc2ccccc2c1.c1ccccc1.c1ccccc1.c1ccccc1. The van der Waals surface area contributed by atoms with Gasteiger partial charge in [0.15, 0.2) is 0 Å². The van der Waals surface area contributed by atoms with Crippen molar-refractivity contribution >= 4 is 75.4 Å². The van der Waals surface area contributed by atoms with Crippen molar-refractivity contribution < 1.29 is 0 Å². The Morgan fingerprint density at radius 3 is 0.172 bits per heavy atom. The van der Waals surface area contributed by atoms with Crippen LogP contribution in [0, 0.1) is 0 Å². The molecule has 122 heavy (non-hydrogen) atoms. The first-order chi connectivity index (χ1) is 60.8. The highest BCUT2D eigenvalue weighted by Gasteiger charge is 1.97. The van der Waals surface area contributed by atoms with Gasteiger partial charge in [0, 0.05) is 0 Å². The molecule has 0 atom stereocenters. The minimum Gasteiger partial charge on any atom is -0.0683 e. The largest absolute Gasteiger partial charge is 0.0683 e. The van der Waals surface area contributed by atoms with Gasteiger partial charge in [0.2, 0.25) is 0 Å². The summed E-state index contributed by atoms with van der Waals surface area (Å²) in [5.41, 5.74) is 0. The van der Waals surface area contributed by atoms with Crippen molar-refractivity contribution in [1.29, 1.82) is 0 Å². The highest BCUT2D eigenvalue weighted by atomic mass is 14.0. The van der Waals surface area contributed by atoms with E-state index in [4.69, 9.17) is 0 Å². The lowest BCUT2D eigenvalue weighted by molar-refractivity contribution is 1.50. The molecule has 0 heterocycles. The summed E-state index contributed by atoms with van der Waals surface area (Å²) in [6, 6.07) is 129. The Morgan fingerprint density at radius 2 is 0.115 bits per heavy atom. The zero-order valence-corrected chi connectivity index (χ0v) is 88.8. The minimum absolute atomic E-state index is 1.31. The molecule has 0 fully saturated rings. The first-order valence-electron chi connectivity index (χ1n) is 48.8. The molecular formula is C122H200. The van der Waals surface area contributed by atoms with E-state index in [0.29, 0.717) is 0 Å². The summed E-state index contributed by atoms with van der Waals surface area (Å²) in [6.45, 7) is 92.0. The van der Waals surface area contributed by atoms with E-state index >= 15 is 0 Å². The lowest BCUT2D eigenvalue weighted by Crippen LogP contribution is -1.74. The van der Waals surface area contributed by atoms with Crippen LogP contribution in [-0.2, 0) is 0 Å². The fourth-order valence-electron chi connectivity index (χ4n) is 8.32. The summed E-state index contributed by atoms with van der Waals surface area (Å²) >= 11 is 0. The molecule has 0 amide bonds. The monoisotopic (exact) mass is 1670 g/mol. The first kappa shape index (κ1) is 150. The third-order valence-electron chi connectivity index (χ3n) is 12.2. The van der Waals surface area contributed by atoms with E-state index in [1.807, 2.05) is 428 Å².